The number of hydrogen-bond donors (Lipinski definition) is 1. The molecular formula is C20H30N2O2. The minimum Gasteiger partial charge on any atom is -0.444 e. The van der Waals surface area contributed by atoms with Gasteiger partial charge < -0.3 is 15.0 Å². The largest absolute Gasteiger partial charge is 0.444 e. The van der Waals surface area contributed by atoms with Gasteiger partial charge in [0.05, 0.1) is 0 Å². The van der Waals surface area contributed by atoms with Gasteiger partial charge in [-0.2, -0.15) is 0 Å². The van der Waals surface area contributed by atoms with Crippen LogP contribution in [0.5, 0.6) is 0 Å². The molecule has 3 rings (SSSR count). The van der Waals surface area contributed by atoms with Crippen LogP contribution in [0, 0.1) is 0 Å². The minimum atomic E-state index is -0.422. The van der Waals surface area contributed by atoms with Gasteiger partial charge in [0, 0.05) is 19.1 Å². The molecule has 24 heavy (non-hydrogen) atoms. The number of carbonyl (C=O) groups is 1. The second kappa shape index (κ2) is 7.14. The quantitative estimate of drug-likeness (QED) is 0.882. The van der Waals surface area contributed by atoms with Crippen molar-refractivity contribution in [1.82, 2.24) is 10.2 Å². The molecule has 4 nitrogen and oxygen atoms in total. The second-order valence-electron chi connectivity index (χ2n) is 8.02. The fraction of sp³-hybridized carbons (Fsp3) is 0.650. The highest BCUT2D eigenvalue weighted by molar-refractivity contribution is 5.68. The van der Waals surface area contributed by atoms with Gasteiger partial charge in [0.15, 0.2) is 0 Å². The molecule has 0 aliphatic carbocycles. The third-order valence-corrected chi connectivity index (χ3v) is 5.02. The third-order valence-electron chi connectivity index (χ3n) is 5.02. The first kappa shape index (κ1) is 17.3. The van der Waals surface area contributed by atoms with Crippen molar-refractivity contribution < 1.29 is 9.53 Å². The fourth-order valence-corrected chi connectivity index (χ4v) is 3.85. The Hall–Kier alpha value is -1.55. The standard InChI is InChI=1S/C20H30N2O2/c1-20(2,3)24-19(23)22-13-10-15(11-14-22)16-7-4-5-8-17(16)18-9-6-12-21-18/h4-5,7-8,15,18,21H,6,9-14H2,1-3H3. The van der Waals surface area contributed by atoms with E-state index in [0.717, 1.165) is 32.5 Å². The monoisotopic (exact) mass is 330 g/mol. The molecule has 1 atom stereocenters. The summed E-state index contributed by atoms with van der Waals surface area (Å²) in [6.07, 6.45) is 4.35. The number of nitrogens with zero attached hydrogens (tertiary/aromatic N) is 1. The van der Waals surface area contributed by atoms with Crippen molar-refractivity contribution in [2.75, 3.05) is 19.6 Å². The van der Waals surface area contributed by atoms with Crippen LogP contribution in [0.4, 0.5) is 4.79 Å². The predicted molar refractivity (Wildman–Crippen MR) is 96.2 cm³/mol. The maximum absolute atomic E-state index is 12.2. The Morgan fingerprint density at radius 2 is 1.79 bits per heavy atom. The first-order valence-corrected chi connectivity index (χ1v) is 9.24. The highest BCUT2D eigenvalue weighted by Crippen LogP contribution is 2.35. The molecule has 0 saturated carbocycles. The summed E-state index contributed by atoms with van der Waals surface area (Å²) in [4.78, 5) is 14.1. The van der Waals surface area contributed by atoms with E-state index in [1.807, 2.05) is 25.7 Å². The summed E-state index contributed by atoms with van der Waals surface area (Å²) < 4.78 is 5.50. The van der Waals surface area contributed by atoms with Gasteiger partial charge in [-0.15, -0.1) is 0 Å². The third kappa shape index (κ3) is 4.10. The molecule has 2 aliphatic heterocycles. The first-order valence-electron chi connectivity index (χ1n) is 9.24. The molecule has 4 heteroatoms. The lowest BCUT2D eigenvalue weighted by Crippen LogP contribution is -2.41. The van der Waals surface area contributed by atoms with Crippen molar-refractivity contribution in [3.05, 3.63) is 35.4 Å². The summed E-state index contributed by atoms with van der Waals surface area (Å²) in [5.74, 6) is 0.544. The number of amides is 1. The van der Waals surface area contributed by atoms with E-state index in [-0.39, 0.29) is 6.09 Å². The van der Waals surface area contributed by atoms with E-state index in [1.54, 1.807) is 0 Å². The van der Waals surface area contributed by atoms with Crippen molar-refractivity contribution in [3.63, 3.8) is 0 Å². The molecule has 132 valence electrons. The number of rotatable bonds is 2. The van der Waals surface area contributed by atoms with Gasteiger partial charge in [-0.25, -0.2) is 4.79 Å². The van der Waals surface area contributed by atoms with Crippen LogP contribution < -0.4 is 5.32 Å². The lowest BCUT2D eigenvalue weighted by atomic mass is 9.84. The van der Waals surface area contributed by atoms with Gasteiger partial charge in [-0.05, 0) is 70.0 Å². The molecule has 1 aromatic carbocycles. The van der Waals surface area contributed by atoms with E-state index in [9.17, 15) is 4.79 Å². The summed E-state index contributed by atoms with van der Waals surface area (Å²) in [5, 5.41) is 3.62. The fourth-order valence-electron chi connectivity index (χ4n) is 3.85. The van der Waals surface area contributed by atoms with Crippen LogP contribution in [0.3, 0.4) is 0 Å². The second-order valence-corrected chi connectivity index (χ2v) is 8.02. The molecule has 2 heterocycles. The normalized spacial score (nSPS) is 22.6. The molecule has 0 spiro atoms. The molecule has 2 saturated heterocycles. The van der Waals surface area contributed by atoms with Gasteiger partial charge >= 0.3 is 6.09 Å². The van der Waals surface area contributed by atoms with Crippen LogP contribution in [-0.2, 0) is 4.74 Å². The van der Waals surface area contributed by atoms with E-state index in [0.29, 0.717) is 12.0 Å². The molecule has 1 amide bonds. The molecule has 1 unspecified atom stereocenters. The maximum atomic E-state index is 12.2. The topological polar surface area (TPSA) is 41.6 Å². The molecule has 1 N–H and O–H groups in total. The summed E-state index contributed by atoms with van der Waals surface area (Å²) in [6.45, 7) is 8.45. The van der Waals surface area contributed by atoms with Crippen LogP contribution in [0.15, 0.2) is 24.3 Å². The number of carbonyl (C=O) groups excluding carboxylic acids is 1. The summed E-state index contributed by atoms with van der Waals surface area (Å²) in [5.41, 5.74) is 2.51. The van der Waals surface area contributed by atoms with Crippen LogP contribution >= 0.6 is 0 Å². The van der Waals surface area contributed by atoms with Crippen molar-refractivity contribution in [2.45, 2.75) is 64.0 Å². The van der Waals surface area contributed by atoms with E-state index in [1.165, 1.54) is 24.0 Å². The zero-order valence-corrected chi connectivity index (χ0v) is 15.2. The predicted octanol–water partition coefficient (Wildman–Crippen LogP) is 4.23. The van der Waals surface area contributed by atoms with Gasteiger partial charge in [0.2, 0.25) is 0 Å². The molecule has 2 aliphatic rings. The molecule has 1 aromatic rings. The van der Waals surface area contributed by atoms with Gasteiger partial charge in [0.1, 0.15) is 5.60 Å². The van der Waals surface area contributed by atoms with Gasteiger partial charge in [-0.3, -0.25) is 0 Å². The zero-order chi connectivity index (χ0) is 17.2. The highest BCUT2D eigenvalue weighted by Gasteiger charge is 2.29. The van der Waals surface area contributed by atoms with Gasteiger partial charge in [0.25, 0.3) is 0 Å². The van der Waals surface area contributed by atoms with Crippen LogP contribution in [0.2, 0.25) is 0 Å². The molecule has 0 aromatic heterocycles. The van der Waals surface area contributed by atoms with Crippen LogP contribution in [0.25, 0.3) is 0 Å². The van der Waals surface area contributed by atoms with Gasteiger partial charge in [-0.1, -0.05) is 24.3 Å². The number of ether oxygens (including phenoxy) is 1. The number of nitrogens with one attached hydrogen (secondary N) is 1. The minimum absolute atomic E-state index is 0.174. The Bertz CT molecular complexity index is 565. The Morgan fingerprint density at radius 1 is 1.12 bits per heavy atom. The first-order chi connectivity index (χ1) is 11.4. The lowest BCUT2D eigenvalue weighted by Gasteiger charge is -2.34. The van der Waals surface area contributed by atoms with Crippen molar-refractivity contribution in [2.24, 2.45) is 0 Å². The molecule has 0 radical (unpaired) electrons. The Kier molecular flexibility index (Phi) is 5.14. The van der Waals surface area contributed by atoms with E-state index in [2.05, 4.69) is 29.6 Å². The van der Waals surface area contributed by atoms with Crippen molar-refractivity contribution in [3.8, 4) is 0 Å². The molecule has 2 fully saturated rings. The summed E-state index contributed by atoms with van der Waals surface area (Å²) >= 11 is 0. The maximum Gasteiger partial charge on any atom is 0.410 e. The average Bonchev–Trinajstić information content (AvgIpc) is 3.08. The summed E-state index contributed by atoms with van der Waals surface area (Å²) in [7, 11) is 0. The zero-order valence-electron chi connectivity index (χ0n) is 15.2. The van der Waals surface area contributed by atoms with E-state index >= 15 is 0 Å². The van der Waals surface area contributed by atoms with E-state index in [4.69, 9.17) is 4.74 Å². The number of piperidine rings is 1. The highest BCUT2D eigenvalue weighted by atomic mass is 16.6. The lowest BCUT2D eigenvalue weighted by molar-refractivity contribution is 0.0204. The smallest absolute Gasteiger partial charge is 0.410 e. The van der Waals surface area contributed by atoms with Crippen LogP contribution in [0.1, 0.15) is 69.5 Å². The average molecular weight is 330 g/mol. The Labute approximate surface area is 145 Å². The SMILES string of the molecule is CC(C)(C)OC(=O)N1CCC(c2ccccc2C2CCCN2)CC1. The Morgan fingerprint density at radius 3 is 2.38 bits per heavy atom. The van der Waals surface area contributed by atoms with E-state index < -0.39 is 5.60 Å². The number of hydrogen-bond acceptors (Lipinski definition) is 3. The van der Waals surface area contributed by atoms with Crippen molar-refractivity contribution >= 4 is 6.09 Å². The van der Waals surface area contributed by atoms with Crippen molar-refractivity contribution in [1.29, 1.82) is 0 Å². The molecular weight excluding hydrogens is 300 g/mol. The number of benzene rings is 1. The molecule has 0 bridgehead atoms. The summed E-state index contributed by atoms with van der Waals surface area (Å²) in [6, 6.07) is 9.36. The van der Waals surface area contributed by atoms with Crippen LogP contribution in [-0.4, -0.2) is 36.2 Å². The Balaban J connectivity index is 1.64. The number of likely N-dealkylation sites (tertiary alicyclic amines) is 1.